The van der Waals surface area contributed by atoms with Crippen LogP contribution in [0.25, 0.3) is 0 Å². The zero-order valence-electron chi connectivity index (χ0n) is 9.91. The highest BCUT2D eigenvalue weighted by Gasteiger charge is 2.09. The van der Waals surface area contributed by atoms with Gasteiger partial charge in [0.25, 0.3) is 0 Å². The van der Waals surface area contributed by atoms with Crippen molar-refractivity contribution >= 4 is 0 Å². The Hall–Kier alpha value is -1.22. The predicted octanol–water partition coefficient (Wildman–Crippen LogP) is 2.40. The molecule has 82 valence electrons. The topological polar surface area (TPSA) is 37.8 Å². The first-order valence-electron chi connectivity index (χ1n) is 5.30. The summed E-state index contributed by atoms with van der Waals surface area (Å²) in [5.41, 5.74) is 2.36. The van der Waals surface area contributed by atoms with E-state index in [4.69, 9.17) is 0 Å². The molecule has 3 heteroatoms. The smallest absolute Gasteiger partial charge is 0.149 e. The Balaban J connectivity index is 2.88. The van der Waals surface area contributed by atoms with E-state index >= 15 is 0 Å². The van der Waals surface area contributed by atoms with E-state index in [0.29, 0.717) is 0 Å². The van der Waals surface area contributed by atoms with E-state index in [9.17, 15) is 0 Å². The lowest BCUT2D eigenvalue weighted by atomic mass is 10.2. The molecule has 0 aromatic carbocycles. The molecule has 3 nitrogen and oxygen atoms in total. The van der Waals surface area contributed by atoms with E-state index < -0.39 is 0 Å². The summed E-state index contributed by atoms with van der Waals surface area (Å²) < 4.78 is 0. The number of likely N-dealkylation sites (N-methyl/N-ethyl adjacent to an activating group) is 1. The fraction of sp³-hybridized carbons (Fsp3) is 0.500. The van der Waals surface area contributed by atoms with Gasteiger partial charge in [-0.3, -0.25) is 0 Å². The van der Waals surface area contributed by atoms with Gasteiger partial charge in [0, 0.05) is 12.4 Å². The number of aryl methyl sites for hydroxylation is 1. The van der Waals surface area contributed by atoms with Crippen molar-refractivity contribution in [3.8, 4) is 0 Å². The van der Waals surface area contributed by atoms with Crippen LogP contribution in [0.15, 0.2) is 24.0 Å². The normalized spacial score (nSPS) is 12.3. The molecule has 0 saturated heterocycles. The van der Waals surface area contributed by atoms with Crippen LogP contribution in [0.1, 0.15) is 38.2 Å². The van der Waals surface area contributed by atoms with Crippen molar-refractivity contribution in [3.63, 3.8) is 0 Å². The lowest BCUT2D eigenvalue weighted by Gasteiger charge is -2.12. The van der Waals surface area contributed by atoms with Gasteiger partial charge in [0.2, 0.25) is 0 Å². The molecule has 0 spiro atoms. The summed E-state index contributed by atoms with van der Waals surface area (Å²) in [7, 11) is 0. The van der Waals surface area contributed by atoms with E-state index in [-0.39, 0.29) is 6.04 Å². The maximum absolute atomic E-state index is 4.33. The average molecular weight is 205 g/mol. The number of aromatic nitrogens is 2. The lowest BCUT2D eigenvalue weighted by molar-refractivity contribution is 0.610. The second-order valence-electron chi connectivity index (χ2n) is 3.90. The summed E-state index contributed by atoms with van der Waals surface area (Å²) in [6, 6.07) is 0.126. The summed E-state index contributed by atoms with van der Waals surface area (Å²) in [5, 5.41) is 3.35. The molecule has 15 heavy (non-hydrogen) atoms. The van der Waals surface area contributed by atoms with Crippen molar-refractivity contribution in [1.82, 2.24) is 15.3 Å². The largest absolute Gasteiger partial charge is 0.304 e. The first-order valence-corrected chi connectivity index (χ1v) is 5.30. The Labute approximate surface area is 91.7 Å². The number of nitrogens with one attached hydrogen (secondary N) is 1. The summed E-state index contributed by atoms with van der Waals surface area (Å²) in [4.78, 5) is 8.66. The van der Waals surface area contributed by atoms with Crippen LogP contribution in [0.2, 0.25) is 0 Å². The molecule has 0 saturated carbocycles. The molecule has 0 fully saturated rings. The fourth-order valence-corrected chi connectivity index (χ4v) is 1.34. The summed E-state index contributed by atoms with van der Waals surface area (Å²) in [6.07, 6.45) is 5.85. The van der Waals surface area contributed by atoms with Gasteiger partial charge in [-0.05, 0) is 32.9 Å². The molecular weight excluding hydrogens is 186 g/mol. The second-order valence-corrected chi connectivity index (χ2v) is 3.90. The molecule has 1 aromatic rings. The third-order valence-electron chi connectivity index (χ3n) is 2.00. The van der Waals surface area contributed by atoms with Crippen LogP contribution in [0, 0.1) is 6.92 Å². The zero-order chi connectivity index (χ0) is 11.3. The number of allylic oxidation sites excluding steroid dienone is 1. The molecule has 0 radical (unpaired) electrons. The van der Waals surface area contributed by atoms with Crippen molar-refractivity contribution < 1.29 is 0 Å². The molecule has 0 aliphatic heterocycles. The van der Waals surface area contributed by atoms with Gasteiger partial charge >= 0.3 is 0 Å². The van der Waals surface area contributed by atoms with Crippen molar-refractivity contribution in [2.75, 3.05) is 6.54 Å². The lowest BCUT2D eigenvalue weighted by Crippen LogP contribution is -2.21. The van der Waals surface area contributed by atoms with Crippen molar-refractivity contribution in [2.45, 2.75) is 33.7 Å². The molecular formula is C12H19N3. The van der Waals surface area contributed by atoms with Gasteiger partial charge in [0.15, 0.2) is 0 Å². The standard InChI is InChI=1S/C12H19N3/c1-5-13-11(6-9(2)3)12-14-7-10(4)8-15-12/h6-8,11,13H,5H2,1-4H3. The molecule has 0 bridgehead atoms. The Morgan fingerprint density at radius 1 is 1.40 bits per heavy atom. The second kappa shape index (κ2) is 5.61. The Bertz CT molecular complexity index is 323. The number of nitrogens with zero attached hydrogens (tertiary/aromatic N) is 2. The van der Waals surface area contributed by atoms with Crippen LogP contribution >= 0.6 is 0 Å². The molecule has 1 aromatic heterocycles. The SMILES string of the molecule is CCNC(C=C(C)C)c1ncc(C)cn1. The van der Waals surface area contributed by atoms with Crippen LogP contribution in [-0.2, 0) is 0 Å². The fourth-order valence-electron chi connectivity index (χ4n) is 1.34. The Morgan fingerprint density at radius 3 is 2.47 bits per heavy atom. The van der Waals surface area contributed by atoms with Crippen LogP contribution < -0.4 is 5.32 Å². The van der Waals surface area contributed by atoms with Gasteiger partial charge < -0.3 is 5.32 Å². The Kier molecular flexibility index (Phi) is 4.43. The van der Waals surface area contributed by atoms with Gasteiger partial charge in [-0.1, -0.05) is 18.6 Å². The van der Waals surface area contributed by atoms with Gasteiger partial charge in [0.1, 0.15) is 5.82 Å². The van der Waals surface area contributed by atoms with Gasteiger partial charge in [-0.25, -0.2) is 9.97 Å². The third kappa shape index (κ3) is 3.80. The van der Waals surface area contributed by atoms with Crippen molar-refractivity contribution in [3.05, 3.63) is 35.4 Å². The molecule has 1 unspecified atom stereocenters. The summed E-state index contributed by atoms with van der Waals surface area (Å²) in [6.45, 7) is 9.15. The Morgan fingerprint density at radius 2 is 2.00 bits per heavy atom. The number of rotatable bonds is 4. The minimum absolute atomic E-state index is 0.126. The van der Waals surface area contributed by atoms with E-state index in [0.717, 1.165) is 17.9 Å². The van der Waals surface area contributed by atoms with E-state index in [2.05, 4.69) is 42.1 Å². The number of hydrogen-bond donors (Lipinski definition) is 1. The zero-order valence-corrected chi connectivity index (χ0v) is 9.91. The van der Waals surface area contributed by atoms with Crippen LogP contribution in [0.3, 0.4) is 0 Å². The van der Waals surface area contributed by atoms with Gasteiger partial charge in [-0.2, -0.15) is 0 Å². The molecule has 1 N–H and O–H groups in total. The maximum Gasteiger partial charge on any atom is 0.149 e. The minimum Gasteiger partial charge on any atom is -0.304 e. The third-order valence-corrected chi connectivity index (χ3v) is 2.00. The highest BCUT2D eigenvalue weighted by atomic mass is 15.0. The molecule has 1 rings (SSSR count). The highest BCUT2D eigenvalue weighted by molar-refractivity contribution is 5.12. The van der Waals surface area contributed by atoms with Crippen LogP contribution in [-0.4, -0.2) is 16.5 Å². The average Bonchev–Trinajstić information content (AvgIpc) is 2.17. The predicted molar refractivity (Wildman–Crippen MR) is 62.6 cm³/mol. The minimum atomic E-state index is 0.126. The van der Waals surface area contributed by atoms with E-state index in [1.165, 1.54) is 5.57 Å². The van der Waals surface area contributed by atoms with Gasteiger partial charge in [0.05, 0.1) is 6.04 Å². The highest BCUT2D eigenvalue weighted by Crippen LogP contribution is 2.11. The molecule has 0 amide bonds. The monoisotopic (exact) mass is 205 g/mol. The van der Waals surface area contributed by atoms with Gasteiger partial charge in [-0.15, -0.1) is 0 Å². The molecule has 1 heterocycles. The number of hydrogen-bond acceptors (Lipinski definition) is 3. The quantitative estimate of drug-likeness (QED) is 0.767. The summed E-state index contributed by atoms with van der Waals surface area (Å²) in [5.74, 6) is 0.837. The van der Waals surface area contributed by atoms with Crippen LogP contribution in [0.5, 0.6) is 0 Å². The van der Waals surface area contributed by atoms with Crippen molar-refractivity contribution in [2.24, 2.45) is 0 Å². The molecule has 0 aliphatic rings. The van der Waals surface area contributed by atoms with E-state index in [1.807, 2.05) is 19.3 Å². The van der Waals surface area contributed by atoms with Crippen molar-refractivity contribution in [1.29, 1.82) is 0 Å². The van der Waals surface area contributed by atoms with Crippen LogP contribution in [0.4, 0.5) is 0 Å². The first kappa shape index (κ1) is 11.9. The molecule has 1 atom stereocenters. The maximum atomic E-state index is 4.33. The molecule has 0 aliphatic carbocycles. The summed E-state index contributed by atoms with van der Waals surface area (Å²) >= 11 is 0. The van der Waals surface area contributed by atoms with E-state index in [1.54, 1.807) is 0 Å². The first-order chi connectivity index (χ1) is 7.13.